The lowest BCUT2D eigenvalue weighted by Crippen LogP contribution is -2.29. The first-order valence-corrected chi connectivity index (χ1v) is 5.12. The van der Waals surface area contributed by atoms with Gasteiger partial charge < -0.3 is 10.1 Å². The number of hydrogen-bond acceptors (Lipinski definition) is 2. The first kappa shape index (κ1) is 6.93. The molecule has 0 aromatic heterocycles. The fraction of sp³-hybridized carbons (Fsp3) is 0.333. The third kappa shape index (κ3) is 0.617. The molecule has 2 nitrogen and oxygen atoms in total. The molecule has 70 valence electrons. The van der Waals surface area contributed by atoms with E-state index in [9.17, 15) is 0 Å². The van der Waals surface area contributed by atoms with Gasteiger partial charge in [-0.1, -0.05) is 24.3 Å². The maximum atomic E-state index is 5.95. The standard InChI is InChI=1S/C12H11NO/c1-2-6-10-9(5-1)13-12-7-3-4-8(12)11(12)14-10/h1-3,5-8,11,13H,4H2/t8?,11?,12-/m0/s1. The average Bonchev–Trinajstić information content (AvgIpc) is 2.64. The third-order valence-corrected chi connectivity index (χ3v) is 3.62. The van der Waals surface area contributed by atoms with Crippen LogP contribution in [0.2, 0.25) is 0 Å². The van der Waals surface area contributed by atoms with Crippen LogP contribution in [0.25, 0.3) is 0 Å². The van der Waals surface area contributed by atoms with Crippen LogP contribution in [0.5, 0.6) is 5.75 Å². The highest BCUT2D eigenvalue weighted by Gasteiger charge is 2.69. The number of anilines is 1. The monoisotopic (exact) mass is 185 g/mol. The number of benzene rings is 1. The second-order valence-corrected chi connectivity index (χ2v) is 4.34. The van der Waals surface area contributed by atoms with E-state index >= 15 is 0 Å². The van der Waals surface area contributed by atoms with E-state index in [1.807, 2.05) is 18.2 Å². The van der Waals surface area contributed by atoms with E-state index < -0.39 is 0 Å². The Kier molecular flexibility index (Phi) is 0.977. The summed E-state index contributed by atoms with van der Waals surface area (Å²) < 4.78 is 5.95. The summed E-state index contributed by atoms with van der Waals surface area (Å²) in [5, 5.41) is 3.60. The molecular formula is C12H11NO. The first-order valence-electron chi connectivity index (χ1n) is 5.12. The maximum absolute atomic E-state index is 5.95. The van der Waals surface area contributed by atoms with Crippen molar-refractivity contribution in [2.45, 2.75) is 18.1 Å². The highest BCUT2D eigenvalue weighted by atomic mass is 16.5. The molecule has 0 saturated heterocycles. The second-order valence-electron chi connectivity index (χ2n) is 4.34. The SMILES string of the molecule is C1=C[C@@]23Nc4ccccc4OC2C3C1. The number of ether oxygens (including phenoxy) is 1. The van der Waals surface area contributed by atoms with E-state index in [0.717, 1.165) is 17.9 Å². The summed E-state index contributed by atoms with van der Waals surface area (Å²) in [7, 11) is 0. The Morgan fingerprint density at radius 2 is 2.29 bits per heavy atom. The molecule has 0 amide bonds. The first-order chi connectivity index (χ1) is 6.90. The van der Waals surface area contributed by atoms with E-state index in [1.54, 1.807) is 0 Å². The molecule has 2 heteroatoms. The van der Waals surface area contributed by atoms with E-state index in [4.69, 9.17) is 4.74 Å². The topological polar surface area (TPSA) is 21.3 Å². The molecule has 0 bridgehead atoms. The van der Waals surface area contributed by atoms with Crippen LogP contribution < -0.4 is 10.1 Å². The summed E-state index contributed by atoms with van der Waals surface area (Å²) in [6, 6.07) is 8.18. The van der Waals surface area contributed by atoms with Gasteiger partial charge in [-0.3, -0.25) is 0 Å². The van der Waals surface area contributed by atoms with E-state index in [0.29, 0.717) is 12.0 Å². The molecule has 4 rings (SSSR count). The molecule has 1 aromatic carbocycles. The van der Waals surface area contributed by atoms with Crippen molar-refractivity contribution in [2.24, 2.45) is 5.92 Å². The Labute approximate surface area is 82.6 Å². The quantitative estimate of drug-likeness (QED) is 0.625. The molecule has 1 N–H and O–H groups in total. The fourth-order valence-electron chi connectivity index (χ4n) is 2.82. The molecule has 1 aliphatic heterocycles. The Morgan fingerprint density at radius 3 is 3.29 bits per heavy atom. The van der Waals surface area contributed by atoms with Crippen LogP contribution in [0.4, 0.5) is 5.69 Å². The van der Waals surface area contributed by atoms with Crippen LogP contribution in [-0.4, -0.2) is 11.6 Å². The van der Waals surface area contributed by atoms with Gasteiger partial charge in [-0.25, -0.2) is 0 Å². The molecule has 14 heavy (non-hydrogen) atoms. The molecule has 2 unspecified atom stereocenters. The van der Waals surface area contributed by atoms with Crippen molar-refractivity contribution in [3.63, 3.8) is 0 Å². The van der Waals surface area contributed by atoms with E-state index in [-0.39, 0.29) is 5.54 Å². The summed E-state index contributed by atoms with van der Waals surface area (Å²) in [4.78, 5) is 0. The molecule has 1 aromatic rings. The second kappa shape index (κ2) is 1.97. The Bertz CT molecular complexity index is 440. The summed E-state index contributed by atoms with van der Waals surface area (Å²) in [6.07, 6.45) is 6.07. The number of nitrogens with one attached hydrogen (secondary N) is 1. The molecule has 1 spiro atoms. The summed E-state index contributed by atoms with van der Waals surface area (Å²) in [5.74, 6) is 1.67. The lowest BCUT2D eigenvalue weighted by Gasteiger charge is -2.24. The summed E-state index contributed by atoms with van der Waals surface area (Å²) >= 11 is 0. The normalized spacial score (nSPS) is 40.3. The Balaban J connectivity index is 1.83. The van der Waals surface area contributed by atoms with Crippen molar-refractivity contribution in [1.82, 2.24) is 0 Å². The van der Waals surface area contributed by atoms with Crippen molar-refractivity contribution in [2.75, 3.05) is 5.32 Å². The van der Waals surface area contributed by atoms with Gasteiger partial charge in [-0.2, -0.15) is 0 Å². The van der Waals surface area contributed by atoms with Gasteiger partial charge in [0.05, 0.1) is 11.2 Å². The number of para-hydroxylation sites is 2. The minimum absolute atomic E-state index is 0.147. The lowest BCUT2D eigenvalue weighted by molar-refractivity contribution is 0.266. The molecule has 1 saturated carbocycles. The van der Waals surface area contributed by atoms with Crippen LogP contribution in [0, 0.1) is 5.92 Å². The van der Waals surface area contributed by atoms with Crippen molar-refractivity contribution in [1.29, 1.82) is 0 Å². The number of rotatable bonds is 0. The highest BCUT2D eigenvalue weighted by Crippen LogP contribution is 2.59. The zero-order chi connectivity index (χ0) is 9.17. The zero-order valence-electron chi connectivity index (χ0n) is 7.73. The van der Waals surface area contributed by atoms with E-state index in [2.05, 4.69) is 23.5 Å². The largest absolute Gasteiger partial charge is 0.485 e. The minimum atomic E-state index is 0.147. The van der Waals surface area contributed by atoms with Gasteiger partial charge in [0.15, 0.2) is 0 Å². The average molecular weight is 185 g/mol. The lowest BCUT2D eigenvalue weighted by atomic mass is 10.2. The summed E-state index contributed by atoms with van der Waals surface area (Å²) in [5.41, 5.74) is 1.28. The van der Waals surface area contributed by atoms with Gasteiger partial charge >= 0.3 is 0 Å². The van der Waals surface area contributed by atoms with Crippen LogP contribution in [0.1, 0.15) is 6.42 Å². The number of fused-ring (bicyclic) bond motifs is 2. The molecule has 2 aliphatic carbocycles. The van der Waals surface area contributed by atoms with Gasteiger partial charge in [0, 0.05) is 5.92 Å². The minimum Gasteiger partial charge on any atom is -0.485 e. The molecule has 1 fully saturated rings. The van der Waals surface area contributed by atoms with Gasteiger partial charge in [0.25, 0.3) is 0 Å². The molecule has 0 radical (unpaired) electrons. The number of allylic oxidation sites excluding steroid dienone is 1. The highest BCUT2D eigenvalue weighted by molar-refractivity contribution is 5.66. The fourth-order valence-corrected chi connectivity index (χ4v) is 2.82. The third-order valence-electron chi connectivity index (χ3n) is 3.62. The van der Waals surface area contributed by atoms with Crippen LogP contribution >= 0.6 is 0 Å². The zero-order valence-corrected chi connectivity index (χ0v) is 7.73. The van der Waals surface area contributed by atoms with Gasteiger partial charge in [-0.15, -0.1) is 0 Å². The smallest absolute Gasteiger partial charge is 0.143 e. The van der Waals surface area contributed by atoms with Crippen LogP contribution in [0.3, 0.4) is 0 Å². The van der Waals surface area contributed by atoms with Gasteiger partial charge in [-0.05, 0) is 18.6 Å². The molecule has 3 aliphatic rings. The van der Waals surface area contributed by atoms with Crippen molar-refractivity contribution < 1.29 is 4.74 Å². The van der Waals surface area contributed by atoms with Gasteiger partial charge in [0.2, 0.25) is 0 Å². The van der Waals surface area contributed by atoms with Gasteiger partial charge in [0.1, 0.15) is 11.9 Å². The van der Waals surface area contributed by atoms with Crippen molar-refractivity contribution in [3.05, 3.63) is 36.4 Å². The van der Waals surface area contributed by atoms with Crippen molar-refractivity contribution in [3.8, 4) is 5.75 Å². The predicted molar refractivity (Wildman–Crippen MR) is 54.5 cm³/mol. The molecule has 1 heterocycles. The summed E-state index contributed by atoms with van der Waals surface area (Å²) in [6.45, 7) is 0. The molecule has 3 atom stereocenters. The Hall–Kier alpha value is -1.44. The predicted octanol–water partition coefficient (Wildman–Crippen LogP) is 2.19. The Morgan fingerprint density at radius 1 is 1.36 bits per heavy atom. The van der Waals surface area contributed by atoms with E-state index in [1.165, 1.54) is 0 Å². The number of hydrogen-bond donors (Lipinski definition) is 1. The van der Waals surface area contributed by atoms with Crippen LogP contribution in [-0.2, 0) is 0 Å². The van der Waals surface area contributed by atoms with Crippen LogP contribution in [0.15, 0.2) is 36.4 Å². The molecular weight excluding hydrogens is 174 g/mol. The maximum Gasteiger partial charge on any atom is 0.143 e. The van der Waals surface area contributed by atoms with Crippen molar-refractivity contribution >= 4 is 5.69 Å².